The van der Waals surface area contributed by atoms with E-state index in [1.807, 2.05) is 0 Å². The predicted molar refractivity (Wildman–Crippen MR) is 91.1 cm³/mol. The zero-order valence-electron chi connectivity index (χ0n) is 14.4. The molecule has 1 aliphatic carbocycles. The highest BCUT2D eigenvalue weighted by Crippen LogP contribution is 2.32. The molecule has 3 rings (SSSR count). The largest absolute Gasteiger partial charge is 0.493 e. The van der Waals surface area contributed by atoms with E-state index >= 15 is 0 Å². The molecule has 1 saturated carbocycles. The van der Waals surface area contributed by atoms with Gasteiger partial charge in [0.1, 0.15) is 5.56 Å². The first-order valence-corrected chi connectivity index (χ1v) is 8.00. The van der Waals surface area contributed by atoms with Crippen molar-refractivity contribution in [2.75, 3.05) is 21.3 Å². The summed E-state index contributed by atoms with van der Waals surface area (Å²) in [5, 5.41) is 4.43. The third kappa shape index (κ3) is 3.50. The van der Waals surface area contributed by atoms with Crippen LogP contribution in [0.15, 0.2) is 29.1 Å². The van der Waals surface area contributed by atoms with E-state index in [-0.39, 0.29) is 5.56 Å². The second-order valence-electron chi connectivity index (χ2n) is 5.94. The molecular weight excluding hydrogens is 324 g/mol. The van der Waals surface area contributed by atoms with Crippen molar-refractivity contribution >= 4 is 5.97 Å². The average molecular weight is 344 g/mol. The lowest BCUT2D eigenvalue weighted by molar-refractivity contribution is 0.0597. The Hall–Kier alpha value is -2.83. The van der Waals surface area contributed by atoms with Gasteiger partial charge in [-0.1, -0.05) is 0 Å². The fraction of sp³-hybridized carbons (Fsp3) is 0.389. The van der Waals surface area contributed by atoms with Gasteiger partial charge in [-0.25, -0.2) is 9.48 Å². The van der Waals surface area contributed by atoms with E-state index in [1.54, 1.807) is 32.4 Å². The summed E-state index contributed by atoms with van der Waals surface area (Å²) in [7, 11) is 4.35. The molecule has 1 aromatic carbocycles. The summed E-state index contributed by atoms with van der Waals surface area (Å²) in [5.41, 5.74) is 0.764. The molecule has 0 spiro atoms. The molecule has 0 amide bonds. The molecule has 7 nitrogen and oxygen atoms in total. The van der Waals surface area contributed by atoms with Gasteiger partial charge in [-0.3, -0.25) is 4.79 Å². The van der Waals surface area contributed by atoms with Crippen molar-refractivity contribution in [3.05, 3.63) is 40.2 Å². The van der Waals surface area contributed by atoms with Crippen LogP contribution in [0.3, 0.4) is 0 Å². The molecule has 0 saturated heterocycles. The first kappa shape index (κ1) is 17.0. The maximum absolute atomic E-state index is 12.5. The summed E-state index contributed by atoms with van der Waals surface area (Å²) in [5.74, 6) is 0.905. The van der Waals surface area contributed by atoms with Gasteiger partial charge < -0.3 is 14.2 Å². The van der Waals surface area contributed by atoms with Gasteiger partial charge in [0.25, 0.3) is 5.56 Å². The van der Waals surface area contributed by atoms with E-state index < -0.39 is 11.5 Å². The number of methoxy groups -OCH3 is 3. The standard InChI is InChI=1S/C18H20N2O5/c1-23-15-7-6-12(8-16(15)24-2)14-9-13(18(22)25-3)17(21)20(19-14)10-11-4-5-11/h6-9,11H,4-5,10H2,1-3H3. The van der Waals surface area contributed by atoms with Crippen molar-refractivity contribution < 1.29 is 19.0 Å². The summed E-state index contributed by atoms with van der Waals surface area (Å²) in [6.07, 6.45) is 2.14. The number of carbonyl (C=O) groups is 1. The van der Waals surface area contributed by atoms with Crippen LogP contribution in [0.5, 0.6) is 11.5 Å². The Bertz CT molecular complexity index is 855. The lowest BCUT2D eigenvalue weighted by Gasteiger charge is -2.12. The molecule has 0 bridgehead atoms. The van der Waals surface area contributed by atoms with Gasteiger partial charge in [-0.2, -0.15) is 5.10 Å². The number of rotatable bonds is 6. The number of esters is 1. The molecule has 0 unspecified atom stereocenters. The van der Waals surface area contributed by atoms with Gasteiger partial charge in [0, 0.05) is 12.1 Å². The van der Waals surface area contributed by atoms with Crippen LogP contribution in [0.25, 0.3) is 11.3 Å². The van der Waals surface area contributed by atoms with Gasteiger partial charge in [0.15, 0.2) is 11.5 Å². The predicted octanol–water partition coefficient (Wildman–Crippen LogP) is 2.12. The van der Waals surface area contributed by atoms with E-state index in [4.69, 9.17) is 14.2 Å². The maximum atomic E-state index is 12.5. The zero-order chi connectivity index (χ0) is 18.0. The SMILES string of the molecule is COC(=O)c1cc(-c2ccc(OC)c(OC)c2)nn(CC2CC2)c1=O. The van der Waals surface area contributed by atoms with Crippen molar-refractivity contribution in [3.63, 3.8) is 0 Å². The van der Waals surface area contributed by atoms with Crippen LogP contribution in [0.1, 0.15) is 23.2 Å². The Labute approximate surface area is 145 Å². The lowest BCUT2D eigenvalue weighted by Crippen LogP contribution is -2.30. The minimum Gasteiger partial charge on any atom is -0.493 e. The normalized spacial score (nSPS) is 13.4. The van der Waals surface area contributed by atoms with Crippen LogP contribution in [-0.2, 0) is 11.3 Å². The average Bonchev–Trinajstić information content (AvgIpc) is 3.46. The van der Waals surface area contributed by atoms with E-state index in [2.05, 4.69) is 5.10 Å². The minimum absolute atomic E-state index is 0.0251. The van der Waals surface area contributed by atoms with Gasteiger partial charge in [-0.15, -0.1) is 0 Å². The molecule has 0 N–H and O–H groups in total. The van der Waals surface area contributed by atoms with E-state index in [1.165, 1.54) is 17.9 Å². The molecule has 1 aliphatic rings. The summed E-state index contributed by atoms with van der Waals surface area (Å²) in [6, 6.07) is 6.77. The van der Waals surface area contributed by atoms with E-state index in [0.29, 0.717) is 35.2 Å². The highest BCUT2D eigenvalue weighted by atomic mass is 16.5. The van der Waals surface area contributed by atoms with Crippen LogP contribution >= 0.6 is 0 Å². The molecule has 132 valence electrons. The second kappa shape index (κ2) is 6.96. The van der Waals surface area contributed by atoms with Crippen LogP contribution in [0.2, 0.25) is 0 Å². The van der Waals surface area contributed by atoms with Crippen molar-refractivity contribution in [2.24, 2.45) is 5.92 Å². The van der Waals surface area contributed by atoms with Crippen molar-refractivity contribution in [1.82, 2.24) is 9.78 Å². The Kier molecular flexibility index (Phi) is 4.74. The summed E-state index contributed by atoms with van der Waals surface area (Å²) in [4.78, 5) is 24.5. The Morgan fingerprint density at radius 1 is 1.16 bits per heavy atom. The van der Waals surface area contributed by atoms with Crippen LogP contribution in [-0.4, -0.2) is 37.1 Å². The minimum atomic E-state index is -0.668. The van der Waals surface area contributed by atoms with E-state index in [9.17, 15) is 9.59 Å². The third-order valence-electron chi connectivity index (χ3n) is 4.19. The van der Waals surface area contributed by atoms with Crippen LogP contribution in [0, 0.1) is 5.92 Å². The van der Waals surface area contributed by atoms with Crippen molar-refractivity contribution in [1.29, 1.82) is 0 Å². The van der Waals surface area contributed by atoms with Gasteiger partial charge >= 0.3 is 5.97 Å². The molecule has 1 heterocycles. The number of hydrogen-bond acceptors (Lipinski definition) is 6. The van der Waals surface area contributed by atoms with Gasteiger partial charge in [0.2, 0.25) is 0 Å². The Morgan fingerprint density at radius 3 is 2.48 bits per heavy atom. The molecule has 1 aromatic heterocycles. The summed E-state index contributed by atoms with van der Waals surface area (Å²) in [6.45, 7) is 0.504. The Balaban J connectivity index is 2.11. The molecule has 0 aliphatic heterocycles. The highest BCUT2D eigenvalue weighted by Gasteiger charge is 2.25. The molecule has 1 fully saturated rings. The summed E-state index contributed by atoms with van der Waals surface area (Å²) >= 11 is 0. The van der Waals surface area contributed by atoms with Gasteiger partial charge in [0.05, 0.1) is 27.0 Å². The zero-order valence-corrected chi connectivity index (χ0v) is 14.4. The number of aromatic nitrogens is 2. The number of carbonyl (C=O) groups excluding carboxylic acids is 1. The summed E-state index contributed by atoms with van der Waals surface area (Å²) < 4.78 is 16.6. The molecule has 2 aromatic rings. The van der Waals surface area contributed by atoms with Crippen LogP contribution < -0.4 is 15.0 Å². The topological polar surface area (TPSA) is 79.7 Å². The maximum Gasteiger partial charge on any atom is 0.343 e. The highest BCUT2D eigenvalue weighted by molar-refractivity contribution is 5.90. The number of benzene rings is 1. The molecule has 7 heteroatoms. The first-order chi connectivity index (χ1) is 12.1. The lowest BCUT2D eigenvalue weighted by atomic mass is 10.1. The molecule has 25 heavy (non-hydrogen) atoms. The van der Waals surface area contributed by atoms with E-state index in [0.717, 1.165) is 12.8 Å². The van der Waals surface area contributed by atoms with Crippen molar-refractivity contribution in [2.45, 2.75) is 19.4 Å². The van der Waals surface area contributed by atoms with Crippen molar-refractivity contribution in [3.8, 4) is 22.8 Å². The smallest absolute Gasteiger partial charge is 0.343 e. The van der Waals surface area contributed by atoms with Crippen LogP contribution in [0.4, 0.5) is 0 Å². The molecule has 0 radical (unpaired) electrons. The Morgan fingerprint density at radius 2 is 1.88 bits per heavy atom. The molecule has 0 atom stereocenters. The number of nitrogens with zero attached hydrogens (tertiary/aromatic N) is 2. The number of ether oxygens (including phenoxy) is 3. The third-order valence-corrected chi connectivity index (χ3v) is 4.19. The fourth-order valence-corrected chi connectivity index (χ4v) is 2.60. The quantitative estimate of drug-likeness (QED) is 0.747. The fourth-order valence-electron chi connectivity index (χ4n) is 2.60. The molecular formula is C18H20N2O5. The monoisotopic (exact) mass is 344 g/mol. The first-order valence-electron chi connectivity index (χ1n) is 8.00. The second-order valence-corrected chi connectivity index (χ2v) is 5.94. The number of hydrogen-bond donors (Lipinski definition) is 0. The van der Waals surface area contributed by atoms with Gasteiger partial charge in [-0.05, 0) is 43.0 Å².